The van der Waals surface area contributed by atoms with Gasteiger partial charge in [-0.3, -0.25) is 14.4 Å². The van der Waals surface area contributed by atoms with E-state index in [0.29, 0.717) is 23.7 Å². The van der Waals surface area contributed by atoms with E-state index < -0.39 is 18.1 Å². The first-order chi connectivity index (χ1) is 17.0. The second-order valence-electron chi connectivity index (χ2n) is 9.39. The number of carbonyl (C=O) groups is 3. The maximum atomic E-state index is 13.8. The largest absolute Gasteiger partial charge is 0.343 e. The van der Waals surface area contributed by atoms with E-state index in [1.165, 1.54) is 0 Å². The number of anilines is 1. The molecule has 2 aromatic rings. The number of aromatic nitrogens is 2. The summed E-state index contributed by atoms with van der Waals surface area (Å²) in [6.45, 7) is 2.28. The summed E-state index contributed by atoms with van der Waals surface area (Å²) in [5.41, 5.74) is 1.49. The van der Waals surface area contributed by atoms with Gasteiger partial charge in [0.05, 0.1) is 6.04 Å². The third-order valence-electron chi connectivity index (χ3n) is 7.12. The first-order valence-electron chi connectivity index (χ1n) is 12.5. The number of benzene rings is 1. The highest BCUT2D eigenvalue weighted by Gasteiger charge is 2.41. The highest BCUT2D eigenvalue weighted by atomic mass is 32.1. The fourth-order valence-corrected chi connectivity index (χ4v) is 5.59. The lowest BCUT2D eigenvalue weighted by Gasteiger charge is -2.35. The Morgan fingerprint density at radius 2 is 1.80 bits per heavy atom. The molecule has 1 aliphatic heterocycles. The summed E-state index contributed by atoms with van der Waals surface area (Å²) in [5, 5.41) is 13.7. The van der Waals surface area contributed by atoms with Gasteiger partial charge in [-0.2, -0.15) is 0 Å². The zero-order valence-electron chi connectivity index (χ0n) is 20.3. The van der Waals surface area contributed by atoms with Crippen LogP contribution in [0.25, 0.3) is 11.3 Å². The Bertz CT molecular complexity index is 1020. The van der Waals surface area contributed by atoms with Crippen LogP contribution in [0, 0.1) is 5.92 Å². The SMILES string of the molecule is CNC(C)C(=O)NC(C(=O)N1CCC[C@H]1C(=O)Nc1snnc1-c1ccccc1)C1CCCCC1. The molecule has 10 heteroatoms. The molecule has 3 N–H and O–H groups in total. The van der Waals surface area contributed by atoms with Crippen LogP contribution in [0.15, 0.2) is 30.3 Å². The van der Waals surface area contributed by atoms with Gasteiger partial charge in [0.2, 0.25) is 17.7 Å². The Labute approximate surface area is 210 Å². The summed E-state index contributed by atoms with van der Waals surface area (Å²) in [4.78, 5) is 41.5. The molecule has 2 heterocycles. The van der Waals surface area contributed by atoms with Crippen molar-refractivity contribution in [2.45, 2.75) is 70.0 Å². The zero-order chi connectivity index (χ0) is 24.8. The maximum absolute atomic E-state index is 13.8. The molecule has 2 unspecified atom stereocenters. The molecular weight excluding hydrogens is 464 g/mol. The fourth-order valence-electron chi connectivity index (χ4n) is 4.99. The van der Waals surface area contributed by atoms with Crippen molar-refractivity contribution in [3.63, 3.8) is 0 Å². The van der Waals surface area contributed by atoms with Crippen LogP contribution in [-0.4, -0.2) is 63.9 Å². The molecule has 188 valence electrons. The Morgan fingerprint density at radius 1 is 1.06 bits per heavy atom. The molecule has 4 rings (SSSR count). The molecule has 3 atom stereocenters. The van der Waals surface area contributed by atoms with Crippen LogP contribution in [0.5, 0.6) is 0 Å². The summed E-state index contributed by atoms with van der Waals surface area (Å²) in [5.74, 6) is -0.503. The number of nitrogens with one attached hydrogen (secondary N) is 3. The van der Waals surface area contributed by atoms with Gasteiger partial charge in [-0.25, -0.2) is 0 Å². The minimum absolute atomic E-state index is 0.0870. The van der Waals surface area contributed by atoms with E-state index in [1.807, 2.05) is 30.3 Å². The topological polar surface area (TPSA) is 116 Å². The second-order valence-corrected chi connectivity index (χ2v) is 10.1. The first-order valence-corrected chi connectivity index (χ1v) is 13.2. The Balaban J connectivity index is 1.50. The average molecular weight is 499 g/mol. The van der Waals surface area contributed by atoms with E-state index in [9.17, 15) is 14.4 Å². The molecule has 1 saturated carbocycles. The van der Waals surface area contributed by atoms with Crippen LogP contribution in [0.4, 0.5) is 5.00 Å². The van der Waals surface area contributed by atoms with E-state index in [0.717, 1.165) is 55.6 Å². The lowest BCUT2D eigenvalue weighted by molar-refractivity contribution is -0.142. The van der Waals surface area contributed by atoms with Crippen LogP contribution in [0.2, 0.25) is 0 Å². The van der Waals surface area contributed by atoms with Gasteiger partial charge in [0.25, 0.3) is 0 Å². The molecular formula is C25H34N6O3S. The molecule has 9 nitrogen and oxygen atoms in total. The van der Waals surface area contributed by atoms with Gasteiger partial charge in [0.15, 0.2) is 0 Å². The van der Waals surface area contributed by atoms with Crippen LogP contribution >= 0.6 is 11.5 Å². The van der Waals surface area contributed by atoms with Crippen molar-refractivity contribution in [2.75, 3.05) is 18.9 Å². The number of nitrogens with zero attached hydrogens (tertiary/aromatic N) is 3. The lowest BCUT2D eigenvalue weighted by atomic mass is 9.83. The van der Waals surface area contributed by atoms with Gasteiger partial charge in [0, 0.05) is 23.6 Å². The van der Waals surface area contributed by atoms with E-state index in [2.05, 4.69) is 25.5 Å². The predicted molar refractivity (Wildman–Crippen MR) is 136 cm³/mol. The van der Waals surface area contributed by atoms with Crippen molar-refractivity contribution >= 4 is 34.3 Å². The normalized spacial score (nSPS) is 20.3. The predicted octanol–water partition coefficient (Wildman–Crippen LogP) is 2.81. The highest BCUT2D eigenvalue weighted by molar-refractivity contribution is 7.10. The van der Waals surface area contributed by atoms with Crippen LogP contribution in [0.1, 0.15) is 51.9 Å². The molecule has 35 heavy (non-hydrogen) atoms. The smallest absolute Gasteiger partial charge is 0.247 e. The summed E-state index contributed by atoms with van der Waals surface area (Å²) in [6, 6.07) is 7.97. The standard InChI is InChI=1S/C25H34N6O3S/c1-16(26-2)22(32)27-21(18-12-7-4-8-13-18)25(34)31-15-9-14-19(31)23(33)28-24-20(29-30-35-24)17-10-5-3-6-11-17/h3,5-6,10-11,16,18-19,21,26H,4,7-9,12-15H2,1-2H3,(H,27,32)(H,28,33)/t16?,19-,21?/m0/s1. The van der Waals surface area contributed by atoms with E-state index in [4.69, 9.17) is 0 Å². The molecule has 1 aromatic carbocycles. The van der Waals surface area contributed by atoms with Gasteiger partial charge in [-0.1, -0.05) is 54.1 Å². The number of likely N-dealkylation sites (tertiary alicyclic amines) is 1. The van der Waals surface area contributed by atoms with Crippen molar-refractivity contribution in [3.05, 3.63) is 30.3 Å². The number of amides is 3. The molecule has 0 radical (unpaired) electrons. The second kappa shape index (κ2) is 11.7. The van der Waals surface area contributed by atoms with E-state index in [1.54, 1.807) is 18.9 Å². The first kappa shape index (κ1) is 25.2. The van der Waals surface area contributed by atoms with Crippen LogP contribution < -0.4 is 16.0 Å². The maximum Gasteiger partial charge on any atom is 0.247 e. The van der Waals surface area contributed by atoms with Crippen molar-refractivity contribution in [1.82, 2.24) is 25.1 Å². The van der Waals surface area contributed by atoms with Crippen molar-refractivity contribution in [3.8, 4) is 11.3 Å². The van der Waals surface area contributed by atoms with Crippen molar-refractivity contribution in [2.24, 2.45) is 5.92 Å². The van der Waals surface area contributed by atoms with E-state index >= 15 is 0 Å². The number of hydrogen-bond donors (Lipinski definition) is 3. The van der Waals surface area contributed by atoms with Crippen molar-refractivity contribution < 1.29 is 14.4 Å². The minimum Gasteiger partial charge on any atom is -0.343 e. The number of rotatable bonds is 8. The number of likely N-dealkylation sites (N-methyl/N-ethyl adjacent to an activating group) is 1. The molecule has 1 aromatic heterocycles. The van der Waals surface area contributed by atoms with Crippen LogP contribution in [-0.2, 0) is 14.4 Å². The third-order valence-corrected chi connectivity index (χ3v) is 7.76. The number of carbonyl (C=O) groups excluding carboxylic acids is 3. The lowest BCUT2D eigenvalue weighted by Crippen LogP contribution is -2.57. The molecule has 0 bridgehead atoms. The highest BCUT2D eigenvalue weighted by Crippen LogP contribution is 2.31. The summed E-state index contributed by atoms with van der Waals surface area (Å²) < 4.78 is 4.02. The van der Waals surface area contributed by atoms with Gasteiger partial charge < -0.3 is 20.9 Å². The molecule has 3 amide bonds. The van der Waals surface area contributed by atoms with Gasteiger partial charge in [-0.05, 0) is 45.6 Å². The van der Waals surface area contributed by atoms with Gasteiger partial charge in [0.1, 0.15) is 22.8 Å². The fraction of sp³-hybridized carbons (Fsp3) is 0.560. The molecule has 1 saturated heterocycles. The van der Waals surface area contributed by atoms with E-state index in [-0.39, 0.29) is 23.6 Å². The zero-order valence-corrected chi connectivity index (χ0v) is 21.1. The Hall–Kier alpha value is -2.85. The molecule has 0 spiro atoms. The van der Waals surface area contributed by atoms with Gasteiger partial charge >= 0.3 is 0 Å². The quantitative estimate of drug-likeness (QED) is 0.515. The minimum atomic E-state index is -0.614. The number of hydrogen-bond acceptors (Lipinski definition) is 7. The van der Waals surface area contributed by atoms with Crippen molar-refractivity contribution in [1.29, 1.82) is 0 Å². The third kappa shape index (κ3) is 5.87. The summed E-state index contributed by atoms with van der Waals surface area (Å²) in [6.07, 6.45) is 6.40. The monoisotopic (exact) mass is 498 g/mol. The summed E-state index contributed by atoms with van der Waals surface area (Å²) >= 11 is 1.12. The molecule has 1 aliphatic carbocycles. The Kier molecular flexibility index (Phi) is 8.46. The summed E-state index contributed by atoms with van der Waals surface area (Å²) in [7, 11) is 1.72. The average Bonchev–Trinajstić information content (AvgIpc) is 3.57. The van der Waals surface area contributed by atoms with Gasteiger partial charge in [-0.15, -0.1) is 5.10 Å². The van der Waals surface area contributed by atoms with Crippen LogP contribution in [0.3, 0.4) is 0 Å². The molecule has 2 aliphatic rings. The Morgan fingerprint density at radius 3 is 2.51 bits per heavy atom. The molecule has 2 fully saturated rings.